The molecule has 3 N–H and O–H groups in total. The average molecular weight is 627 g/mol. The van der Waals surface area contributed by atoms with Crippen LogP contribution in [0.4, 0.5) is 22.0 Å². The van der Waals surface area contributed by atoms with E-state index in [-0.39, 0.29) is 10.3 Å². The molecule has 0 spiro atoms. The van der Waals surface area contributed by atoms with E-state index in [1.165, 1.54) is 12.1 Å². The van der Waals surface area contributed by atoms with Gasteiger partial charge in [0.05, 0.1) is 28.6 Å². The predicted molar refractivity (Wildman–Crippen MR) is 173 cm³/mol. The van der Waals surface area contributed by atoms with Gasteiger partial charge in [-0.1, -0.05) is 39.0 Å². The number of aromatic nitrogens is 3. The molecule has 0 radical (unpaired) electrons. The Morgan fingerprint density at radius 1 is 0.844 bits per heavy atom. The number of urea groups is 1. The summed E-state index contributed by atoms with van der Waals surface area (Å²) in [4.78, 5) is 17.0. The van der Waals surface area contributed by atoms with Gasteiger partial charge in [-0.25, -0.2) is 15.0 Å². The van der Waals surface area contributed by atoms with Crippen LogP contribution in [0.15, 0.2) is 114 Å². The van der Waals surface area contributed by atoms with E-state index in [9.17, 15) is 13.2 Å². The van der Waals surface area contributed by atoms with E-state index in [1.54, 1.807) is 83.8 Å². The number of para-hydroxylation sites is 1. The largest absolute Gasteiger partial charge is 0.493 e. The number of ether oxygens (including phenoxy) is 1. The molecule has 0 saturated heterocycles. The highest BCUT2D eigenvalue weighted by atomic mass is 32.2. The molecule has 0 unspecified atom stereocenters. The number of nitrogens with zero attached hydrogens (tertiary/aromatic N) is 3. The van der Waals surface area contributed by atoms with Crippen LogP contribution in [0.3, 0.4) is 0 Å². The van der Waals surface area contributed by atoms with Gasteiger partial charge in [-0.3, -0.25) is 10.3 Å². The van der Waals surface area contributed by atoms with Crippen molar-refractivity contribution in [3.8, 4) is 11.4 Å². The standard InChI is InChI=1S/C33H34N6O5S/c1-33(2,3)30-23-31(36-32(40)35-25-9-13-28(14-10-25)43-22-19-24-17-20-34-21-18-24)39(37-30)27-11-15-29(16-12-27)45(41,42)44-38-26-7-5-4-6-8-26/h4-18,20-21,23,38H,19,22H2,1-3H3,(H2,35,36,40). The summed E-state index contributed by atoms with van der Waals surface area (Å²) in [7, 11) is -4.09. The van der Waals surface area contributed by atoms with E-state index in [0.29, 0.717) is 35.2 Å². The zero-order chi connectivity index (χ0) is 31.9. The van der Waals surface area contributed by atoms with E-state index in [1.807, 2.05) is 39.0 Å². The molecule has 0 fully saturated rings. The molecule has 0 atom stereocenters. The van der Waals surface area contributed by atoms with Gasteiger partial charge in [0.15, 0.2) is 0 Å². The lowest BCUT2D eigenvalue weighted by Crippen LogP contribution is -2.21. The van der Waals surface area contributed by atoms with Crippen molar-refractivity contribution >= 4 is 33.3 Å². The Hall–Kier alpha value is -5.20. The molecule has 2 heterocycles. The fraction of sp³-hybridized carbons (Fsp3) is 0.182. The third-order valence-corrected chi connectivity index (χ3v) is 7.81. The topological polar surface area (TPSA) is 136 Å². The van der Waals surface area contributed by atoms with Crippen LogP contribution < -0.4 is 20.9 Å². The van der Waals surface area contributed by atoms with Crippen molar-refractivity contribution in [3.05, 3.63) is 121 Å². The van der Waals surface area contributed by atoms with Crippen LogP contribution in [0.1, 0.15) is 32.0 Å². The number of amides is 2. The van der Waals surface area contributed by atoms with Crippen LogP contribution in [0.2, 0.25) is 0 Å². The summed E-state index contributed by atoms with van der Waals surface area (Å²) in [5, 5.41) is 10.4. The molecule has 0 saturated carbocycles. The zero-order valence-electron chi connectivity index (χ0n) is 25.1. The SMILES string of the molecule is CC(C)(C)c1cc(NC(=O)Nc2ccc(OCCc3ccncc3)cc2)n(-c2ccc(S(=O)(=O)ONc3ccccc3)cc2)n1. The van der Waals surface area contributed by atoms with Crippen LogP contribution in [-0.2, 0) is 26.2 Å². The quantitative estimate of drug-likeness (QED) is 0.140. The van der Waals surface area contributed by atoms with E-state index in [4.69, 9.17) is 14.1 Å². The summed E-state index contributed by atoms with van der Waals surface area (Å²) in [5.74, 6) is 1.10. The molecule has 0 aliphatic heterocycles. The van der Waals surface area contributed by atoms with Crippen molar-refractivity contribution in [1.29, 1.82) is 0 Å². The van der Waals surface area contributed by atoms with Gasteiger partial charge in [-0.05, 0) is 78.4 Å². The molecule has 45 heavy (non-hydrogen) atoms. The first-order valence-corrected chi connectivity index (χ1v) is 15.6. The summed E-state index contributed by atoms with van der Waals surface area (Å²) in [6.45, 7) is 6.55. The molecular formula is C33H34N6O5S. The highest BCUT2D eigenvalue weighted by Gasteiger charge is 2.22. The lowest BCUT2D eigenvalue weighted by atomic mass is 9.92. The molecule has 0 aliphatic rings. The Bertz CT molecular complexity index is 1820. The van der Waals surface area contributed by atoms with Gasteiger partial charge in [0.1, 0.15) is 11.6 Å². The van der Waals surface area contributed by atoms with Crippen LogP contribution in [0.5, 0.6) is 5.75 Å². The first kappa shape index (κ1) is 31.2. The molecule has 3 aromatic carbocycles. The maximum Gasteiger partial charge on any atom is 0.324 e. The summed E-state index contributed by atoms with van der Waals surface area (Å²) < 4.78 is 37.8. The Morgan fingerprint density at radius 2 is 1.53 bits per heavy atom. The number of benzene rings is 3. The minimum atomic E-state index is -4.09. The minimum Gasteiger partial charge on any atom is -0.493 e. The molecule has 11 nitrogen and oxygen atoms in total. The van der Waals surface area contributed by atoms with Crippen molar-refractivity contribution in [2.45, 2.75) is 37.5 Å². The highest BCUT2D eigenvalue weighted by molar-refractivity contribution is 7.86. The molecule has 0 bridgehead atoms. The summed E-state index contributed by atoms with van der Waals surface area (Å²) in [6.07, 6.45) is 4.26. The van der Waals surface area contributed by atoms with Crippen molar-refractivity contribution in [2.24, 2.45) is 0 Å². The van der Waals surface area contributed by atoms with Crippen molar-refractivity contribution in [3.63, 3.8) is 0 Å². The van der Waals surface area contributed by atoms with Crippen molar-refractivity contribution in [2.75, 3.05) is 22.7 Å². The molecule has 5 aromatic rings. The Labute approximate surface area is 262 Å². The number of pyridine rings is 1. The third-order valence-electron chi connectivity index (χ3n) is 6.65. The molecule has 2 amide bonds. The fourth-order valence-corrected chi connectivity index (χ4v) is 4.97. The molecule has 232 valence electrons. The highest BCUT2D eigenvalue weighted by Crippen LogP contribution is 2.27. The van der Waals surface area contributed by atoms with E-state index in [2.05, 4.69) is 21.1 Å². The summed E-state index contributed by atoms with van der Waals surface area (Å²) >= 11 is 0. The average Bonchev–Trinajstić information content (AvgIpc) is 3.46. The van der Waals surface area contributed by atoms with Crippen LogP contribution in [-0.4, -0.2) is 35.8 Å². The lowest BCUT2D eigenvalue weighted by Gasteiger charge is -2.14. The van der Waals surface area contributed by atoms with Gasteiger partial charge in [-0.2, -0.15) is 13.5 Å². The van der Waals surface area contributed by atoms with Gasteiger partial charge in [0.25, 0.3) is 0 Å². The van der Waals surface area contributed by atoms with Crippen LogP contribution in [0, 0.1) is 0 Å². The Morgan fingerprint density at radius 3 is 2.20 bits per heavy atom. The molecule has 12 heteroatoms. The molecule has 2 aromatic heterocycles. The Balaban J connectivity index is 1.24. The minimum absolute atomic E-state index is 0.0464. The maximum atomic E-state index is 13.0. The van der Waals surface area contributed by atoms with Crippen LogP contribution >= 0.6 is 0 Å². The van der Waals surface area contributed by atoms with Gasteiger partial charge in [-0.15, -0.1) is 4.28 Å². The number of carbonyl (C=O) groups excluding carboxylic acids is 1. The number of anilines is 3. The second-order valence-electron chi connectivity index (χ2n) is 11.1. The first-order chi connectivity index (χ1) is 21.6. The monoisotopic (exact) mass is 626 g/mol. The predicted octanol–water partition coefficient (Wildman–Crippen LogP) is 6.56. The fourth-order valence-electron chi connectivity index (χ4n) is 4.19. The summed E-state index contributed by atoms with van der Waals surface area (Å²) in [6, 6.07) is 27.0. The van der Waals surface area contributed by atoms with Gasteiger partial charge >= 0.3 is 16.1 Å². The third kappa shape index (κ3) is 8.46. The van der Waals surface area contributed by atoms with E-state index >= 15 is 0 Å². The van der Waals surface area contributed by atoms with Crippen molar-refractivity contribution < 1.29 is 22.2 Å². The number of rotatable bonds is 11. The molecular weight excluding hydrogens is 592 g/mol. The number of nitrogens with one attached hydrogen (secondary N) is 3. The van der Waals surface area contributed by atoms with Gasteiger partial charge in [0, 0.05) is 36.0 Å². The normalized spacial score (nSPS) is 11.5. The second kappa shape index (κ2) is 13.6. The molecule has 5 rings (SSSR count). The first-order valence-electron chi connectivity index (χ1n) is 14.2. The van der Waals surface area contributed by atoms with Crippen LogP contribution in [0.25, 0.3) is 5.69 Å². The summed E-state index contributed by atoms with van der Waals surface area (Å²) in [5.41, 5.74) is 5.63. The van der Waals surface area contributed by atoms with E-state index in [0.717, 1.165) is 17.7 Å². The van der Waals surface area contributed by atoms with Gasteiger partial charge < -0.3 is 10.1 Å². The number of hydrogen-bond donors (Lipinski definition) is 3. The lowest BCUT2D eigenvalue weighted by molar-refractivity contribution is 0.262. The number of carbonyl (C=O) groups is 1. The second-order valence-corrected chi connectivity index (χ2v) is 12.7. The van der Waals surface area contributed by atoms with E-state index < -0.39 is 16.1 Å². The molecule has 0 aliphatic carbocycles. The van der Waals surface area contributed by atoms with Crippen molar-refractivity contribution in [1.82, 2.24) is 14.8 Å². The zero-order valence-corrected chi connectivity index (χ0v) is 25.9. The Kier molecular flexibility index (Phi) is 9.45. The number of hydrogen-bond acceptors (Lipinski definition) is 8. The smallest absolute Gasteiger partial charge is 0.324 e. The maximum absolute atomic E-state index is 13.0. The van der Waals surface area contributed by atoms with Gasteiger partial charge in [0.2, 0.25) is 0 Å².